The van der Waals surface area contributed by atoms with Crippen molar-refractivity contribution in [3.05, 3.63) is 64.2 Å². The highest BCUT2D eigenvalue weighted by molar-refractivity contribution is 6.10. The lowest BCUT2D eigenvalue weighted by molar-refractivity contribution is -0.384. The number of hydrogen-bond donors (Lipinski definition) is 1. The summed E-state index contributed by atoms with van der Waals surface area (Å²) in [6.45, 7) is 1.98. The predicted molar refractivity (Wildman–Crippen MR) is 89.0 cm³/mol. The molecule has 0 saturated heterocycles. The summed E-state index contributed by atoms with van der Waals surface area (Å²) in [5.74, 6) is -0.832. The van der Waals surface area contributed by atoms with E-state index in [4.69, 9.17) is 0 Å². The number of nitro groups is 1. The van der Waals surface area contributed by atoms with E-state index in [1.807, 2.05) is 0 Å². The van der Waals surface area contributed by atoms with Crippen LogP contribution in [0.1, 0.15) is 17.3 Å². The first-order valence-electron chi connectivity index (χ1n) is 7.43. The van der Waals surface area contributed by atoms with E-state index < -0.39 is 4.92 Å². The maximum absolute atomic E-state index is 12.9. The van der Waals surface area contributed by atoms with E-state index in [0.29, 0.717) is 16.9 Å². The lowest BCUT2D eigenvalue weighted by Crippen LogP contribution is -2.35. The molecule has 1 heterocycles. The largest absolute Gasteiger partial charge is 0.324 e. The molecule has 7 heteroatoms. The van der Waals surface area contributed by atoms with Crippen LogP contribution in [0.4, 0.5) is 17.1 Å². The first-order chi connectivity index (χ1) is 11.5. The number of amides is 2. The fourth-order valence-corrected chi connectivity index (χ4v) is 2.60. The van der Waals surface area contributed by atoms with Crippen LogP contribution in [-0.4, -0.2) is 23.3 Å². The molecule has 2 amide bonds. The molecule has 0 saturated carbocycles. The maximum atomic E-state index is 12.9. The minimum Gasteiger partial charge on any atom is -0.324 e. The van der Waals surface area contributed by atoms with Gasteiger partial charge in [0.15, 0.2) is 0 Å². The van der Waals surface area contributed by atoms with Crippen molar-refractivity contribution in [3.8, 4) is 0 Å². The number of para-hydroxylation sites is 2. The van der Waals surface area contributed by atoms with Gasteiger partial charge in [-0.25, -0.2) is 0 Å². The molecule has 1 aliphatic heterocycles. The van der Waals surface area contributed by atoms with E-state index in [1.165, 1.54) is 29.2 Å². The standard InChI is InChI=1S/C17H15N3O4/c1-11-10-19(15-5-3-2-4-14(15)18-16(11)21)17(22)12-6-8-13(9-7-12)20(23)24/h2-9,11H,10H2,1H3,(H,18,21)/t11-/m0/s1. The van der Waals surface area contributed by atoms with Gasteiger partial charge < -0.3 is 10.2 Å². The summed E-state index contributed by atoms with van der Waals surface area (Å²) in [5, 5.41) is 13.5. The number of carbonyl (C=O) groups excluding carboxylic acids is 2. The van der Waals surface area contributed by atoms with Gasteiger partial charge in [-0.15, -0.1) is 0 Å². The Labute approximate surface area is 138 Å². The van der Waals surface area contributed by atoms with Crippen molar-refractivity contribution in [1.82, 2.24) is 0 Å². The SMILES string of the molecule is C[C@H]1CN(C(=O)c2ccc([N+](=O)[O-])cc2)c2ccccc2NC1=O. The third kappa shape index (κ3) is 2.83. The lowest BCUT2D eigenvalue weighted by Gasteiger charge is -2.23. The van der Waals surface area contributed by atoms with Crippen LogP contribution in [0.3, 0.4) is 0 Å². The summed E-state index contributed by atoms with van der Waals surface area (Å²) in [6, 6.07) is 12.5. The third-order valence-electron chi connectivity index (χ3n) is 3.93. The van der Waals surface area contributed by atoms with Crippen LogP contribution in [0.5, 0.6) is 0 Å². The highest BCUT2D eigenvalue weighted by Crippen LogP contribution is 2.31. The van der Waals surface area contributed by atoms with Crippen LogP contribution in [0.25, 0.3) is 0 Å². The van der Waals surface area contributed by atoms with Gasteiger partial charge in [-0.3, -0.25) is 19.7 Å². The Morgan fingerprint density at radius 1 is 1.21 bits per heavy atom. The minimum absolute atomic E-state index is 0.0759. The Balaban J connectivity index is 1.98. The number of benzene rings is 2. The molecule has 1 N–H and O–H groups in total. The summed E-state index contributed by atoms with van der Waals surface area (Å²) in [4.78, 5) is 36.7. The second-order valence-electron chi connectivity index (χ2n) is 5.63. The van der Waals surface area contributed by atoms with Crippen molar-refractivity contribution >= 4 is 28.9 Å². The number of hydrogen-bond acceptors (Lipinski definition) is 4. The van der Waals surface area contributed by atoms with Crippen LogP contribution in [0.15, 0.2) is 48.5 Å². The third-order valence-corrected chi connectivity index (χ3v) is 3.93. The molecule has 0 aromatic heterocycles. The Morgan fingerprint density at radius 3 is 2.54 bits per heavy atom. The fourth-order valence-electron chi connectivity index (χ4n) is 2.60. The summed E-state index contributed by atoms with van der Waals surface area (Å²) in [6.07, 6.45) is 0. The van der Waals surface area contributed by atoms with Gasteiger partial charge in [-0.2, -0.15) is 0 Å². The highest BCUT2D eigenvalue weighted by Gasteiger charge is 2.29. The Morgan fingerprint density at radius 2 is 1.88 bits per heavy atom. The van der Waals surface area contributed by atoms with E-state index in [2.05, 4.69) is 5.32 Å². The average molecular weight is 325 g/mol. The van der Waals surface area contributed by atoms with Gasteiger partial charge in [0.1, 0.15) is 0 Å². The number of non-ortho nitro benzene ring substituents is 1. The Hall–Kier alpha value is -3.22. The molecule has 0 spiro atoms. The summed E-state index contributed by atoms with van der Waals surface area (Å²) in [5.41, 5.74) is 1.44. The molecular formula is C17H15N3O4. The fraction of sp³-hybridized carbons (Fsp3) is 0.176. The van der Waals surface area contributed by atoms with Crippen LogP contribution in [0.2, 0.25) is 0 Å². The van der Waals surface area contributed by atoms with Gasteiger partial charge in [0.25, 0.3) is 11.6 Å². The van der Waals surface area contributed by atoms with Crippen molar-refractivity contribution in [2.75, 3.05) is 16.8 Å². The number of rotatable bonds is 2. The Kier molecular flexibility index (Phi) is 3.99. The number of nitro benzene ring substituents is 1. The molecule has 2 aromatic carbocycles. The van der Waals surface area contributed by atoms with Crippen LogP contribution in [0, 0.1) is 16.0 Å². The minimum atomic E-state index is -0.514. The average Bonchev–Trinajstić information content (AvgIpc) is 2.71. The van der Waals surface area contributed by atoms with Crippen molar-refractivity contribution in [2.24, 2.45) is 5.92 Å². The number of anilines is 2. The molecular weight excluding hydrogens is 310 g/mol. The summed E-state index contributed by atoms with van der Waals surface area (Å²) >= 11 is 0. The van der Waals surface area contributed by atoms with Gasteiger partial charge in [0.05, 0.1) is 22.2 Å². The smallest absolute Gasteiger partial charge is 0.269 e. The first kappa shape index (κ1) is 15.7. The molecule has 1 aliphatic rings. The topological polar surface area (TPSA) is 92.6 Å². The van der Waals surface area contributed by atoms with Gasteiger partial charge in [0.2, 0.25) is 5.91 Å². The summed E-state index contributed by atoms with van der Waals surface area (Å²) in [7, 11) is 0. The molecule has 2 aromatic rings. The normalized spacial score (nSPS) is 16.8. The molecule has 3 rings (SSSR count). The number of nitrogens with one attached hydrogen (secondary N) is 1. The van der Waals surface area contributed by atoms with Crippen molar-refractivity contribution in [3.63, 3.8) is 0 Å². The molecule has 7 nitrogen and oxygen atoms in total. The number of nitrogens with zero attached hydrogens (tertiary/aromatic N) is 2. The lowest BCUT2D eigenvalue weighted by atomic mass is 10.1. The van der Waals surface area contributed by atoms with Gasteiger partial charge in [-0.05, 0) is 24.3 Å². The molecule has 0 radical (unpaired) electrons. The molecule has 0 bridgehead atoms. The van der Waals surface area contributed by atoms with E-state index in [-0.39, 0.29) is 30.0 Å². The van der Waals surface area contributed by atoms with E-state index in [9.17, 15) is 19.7 Å². The van der Waals surface area contributed by atoms with E-state index >= 15 is 0 Å². The molecule has 0 unspecified atom stereocenters. The van der Waals surface area contributed by atoms with Crippen LogP contribution < -0.4 is 10.2 Å². The zero-order chi connectivity index (χ0) is 17.3. The molecule has 1 atom stereocenters. The molecule has 0 fully saturated rings. The van der Waals surface area contributed by atoms with E-state index in [1.54, 1.807) is 31.2 Å². The van der Waals surface area contributed by atoms with Crippen molar-refractivity contribution in [1.29, 1.82) is 0 Å². The predicted octanol–water partition coefficient (Wildman–Crippen LogP) is 2.83. The Bertz CT molecular complexity index is 817. The zero-order valence-electron chi connectivity index (χ0n) is 12.9. The molecule has 0 aliphatic carbocycles. The molecule has 24 heavy (non-hydrogen) atoms. The quantitative estimate of drug-likeness (QED) is 0.679. The second-order valence-corrected chi connectivity index (χ2v) is 5.63. The summed E-state index contributed by atoms with van der Waals surface area (Å²) < 4.78 is 0. The molecule has 122 valence electrons. The number of carbonyl (C=O) groups is 2. The second kappa shape index (κ2) is 6.11. The maximum Gasteiger partial charge on any atom is 0.269 e. The monoisotopic (exact) mass is 325 g/mol. The van der Waals surface area contributed by atoms with E-state index in [0.717, 1.165) is 0 Å². The zero-order valence-corrected chi connectivity index (χ0v) is 12.9. The van der Waals surface area contributed by atoms with Gasteiger partial charge in [-0.1, -0.05) is 19.1 Å². The van der Waals surface area contributed by atoms with Crippen LogP contribution in [-0.2, 0) is 4.79 Å². The van der Waals surface area contributed by atoms with Gasteiger partial charge >= 0.3 is 0 Å². The van der Waals surface area contributed by atoms with Crippen LogP contribution >= 0.6 is 0 Å². The highest BCUT2D eigenvalue weighted by atomic mass is 16.6. The van der Waals surface area contributed by atoms with Crippen molar-refractivity contribution < 1.29 is 14.5 Å². The van der Waals surface area contributed by atoms with Gasteiger partial charge in [0, 0.05) is 24.2 Å². The van der Waals surface area contributed by atoms with Crippen molar-refractivity contribution in [2.45, 2.75) is 6.92 Å². The first-order valence-corrected chi connectivity index (χ1v) is 7.43. The number of fused-ring (bicyclic) bond motifs is 1.